The molecule has 4 heteroatoms. The van der Waals surface area contributed by atoms with Gasteiger partial charge in [0.25, 0.3) is 0 Å². The molecule has 0 aliphatic heterocycles. The Kier molecular flexibility index (Phi) is 2.50. The monoisotopic (exact) mass is 347 g/mol. The minimum Gasteiger partial charge on any atom is -0.504 e. The van der Waals surface area contributed by atoms with Crippen LogP contribution in [-0.2, 0) is 0 Å². The Morgan fingerprint density at radius 2 is 2.11 bits per heavy atom. The smallest absolute Gasteiger partial charge is 0.160 e. The van der Waals surface area contributed by atoms with Crippen LogP contribution in [0.25, 0.3) is 0 Å². The number of hydrogen-bond donors (Lipinski definition) is 1. The molecule has 0 aliphatic rings. The third kappa shape index (κ3) is 1.66. The van der Waals surface area contributed by atoms with Gasteiger partial charge in [-0.1, -0.05) is 0 Å². The number of halogens is 2. The van der Waals surface area contributed by atoms with Gasteiger partial charge in [-0.2, -0.15) is 0 Å². The molecule has 0 atom stereocenters. The van der Waals surface area contributed by atoms with Gasteiger partial charge in [0.05, 0.1) is 3.57 Å². The highest BCUT2D eigenvalue weighted by atomic mass is 127. The number of rotatable bonds is 0. The summed E-state index contributed by atoms with van der Waals surface area (Å²) in [7, 11) is 0. The largest absolute Gasteiger partial charge is 0.504 e. The van der Waals surface area contributed by atoms with Gasteiger partial charge in [-0.25, -0.2) is 4.98 Å². The minimum atomic E-state index is 0.277. The number of nitrogens with zero attached hydrogens (tertiary/aromatic N) is 1. The molecule has 0 amide bonds. The predicted octanol–water partition coefficient (Wildman–Crippen LogP) is 2.00. The van der Waals surface area contributed by atoms with Gasteiger partial charge in [0, 0.05) is 6.20 Å². The van der Waals surface area contributed by atoms with Gasteiger partial charge in [-0.3, -0.25) is 0 Å². The predicted molar refractivity (Wildman–Crippen MR) is 51.3 cm³/mol. The molecular weight excluding hydrogens is 344 g/mol. The molecular formula is C5H3I2NO. The highest BCUT2D eigenvalue weighted by Crippen LogP contribution is 2.22. The lowest BCUT2D eigenvalue weighted by molar-refractivity contribution is 0.464. The van der Waals surface area contributed by atoms with Crippen LogP contribution in [0.3, 0.4) is 0 Å². The van der Waals surface area contributed by atoms with Crippen molar-refractivity contribution in [1.82, 2.24) is 4.98 Å². The molecule has 0 saturated carbocycles. The molecule has 0 bridgehead atoms. The van der Waals surface area contributed by atoms with E-state index in [2.05, 4.69) is 27.6 Å². The average molecular weight is 347 g/mol. The second-order valence-corrected chi connectivity index (χ2v) is 3.62. The van der Waals surface area contributed by atoms with Crippen molar-refractivity contribution in [3.63, 3.8) is 0 Å². The standard InChI is InChI=1S/C5H3I2NO/c6-3-1-2-8-5(7)4(3)9/h1-2,9H. The van der Waals surface area contributed by atoms with E-state index in [4.69, 9.17) is 5.11 Å². The van der Waals surface area contributed by atoms with E-state index in [1.165, 1.54) is 0 Å². The Hall–Kier alpha value is 0.410. The minimum absolute atomic E-state index is 0.277. The zero-order chi connectivity index (χ0) is 6.85. The Bertz CT molecular complexity index is 206. The maximum atomic E-state index is 9.13. The first kappa shape index (κ1) is 7.52. The van der Waals surface area contributed by atoms with Crippen molar-refractivity contribution < 1.29 is 5.11 Å². The van der Waals surface area contributed by atoms with Crippen molar-refractivity contribution in [2.45, 2.75) is 0 Å². The molecule has 0 unspecified atom stereocenters. The van der Waals surface area contributed by atoms with Crippen LogP contribution in [0.5, 0.6) is 5.75 Å². The molecule has 9 heavy (non-hydrogen) atoms. The molecule has 0 radical (unpaired) electrons. The number of aromatic nitrogens is 1. The summed E-state index contributed by atoms with van der Waals surface area (Å²) in [6, 6.07) is 1.76. The summed E-state index contributed by atoms with van der Waals surface area (Å²) in [6.07, 6.45) is 1.67. The van der Waals surface area contributed by atoms with Crippen LogP contribution in [0, 0.1) is 7.27 Å². The average Bonchev–Trinajstić information content (AvgIpc) is 1.83. The summed E-state index contributed by atoms with van der Waals surface area (Å²) in [6.45, 7) is 0. The molecule has 0 saturated heterocycles. The zero-order valence-corrected chi connectivity index (χ0v) is 8.62. The lowest BCUT2D eigenvalue weighted by Gasteiger charge is -1.95. The van der Waals surface area contributed by atoms with Crippen molar-refractivity contribution in [3.8, 4) is 5.75 Å². The number of hydrogen-bond acceptors (Lipinski definition) is 2. The highest BCUT2D eigenvalue weighted by Gasteiger charge is 2.00. The van der Waals surface area contributed by atoms with Gasteiger partial charge in [-0.05, 0) is 51.2 Å². The fourth-order valence-corrected chi connectivity index (χ4v) is 1.79. The third-order valence-electron chi connectivity index (χ3n) is 0.830. The summed E-state index contributed by atoms with van der Waals surface area (Å²) in [4.78, 5) is 3.87. The topological polar surface area (TPSA) is 33.1 Å². The summed E-state index contributed by atoms with van der Waals surface area (Å²) < 4.78 is 1.49. The Labute approximate surface area is 80.0 Å². The highest BCUT2D eigenvalue weighted by molar-refractivity contribution is 14.1. The van der Waals surface area contributed by atoms with E-state index in [-0.39, 0.29) is 5.75 Å². The van der Waals surface area contributed by atoms with Gasteiger partial charge in [-0.15, -0.1) is 0 Å². The van der Waals surface area contributed by atoms with Gasteiger partial charge >= 0.3 is 0 Å². The van der Waals surface area contributed by atoms with Crippen molar-refractivity contribution in [2.24, 2.45) is 0 Å². The fourth-order valence-electron chi connectivity index (χ4n) is 0.407. The molecule has 1 heterocycles. The van der Waals surface area contributed by atoms with E-state index in [1.807, 2.05) is 22.6 Å². The second-order valence-electron chi connectivity index (χ2n) is 1.43. The fraction of sp³-hybridized carbons (Fsp3) is 0. The molecule has 2 nitrogen and oxygen atoms in total. The van der Waals surface area contributed by atoms with E-state index < -0.39 is 0 Å². The van der Waals surface area contributed by atoms with Crippen LogP contribution in [0.2, 0.25) is 0 Å². The van der Waals surface area contributed by atoms with E-state index >= 15 is 0 Å². The van der Waals surface area contributed by atoms with E-state index in [1.54, 1.807) is 12.3 Å². The molecule has 48 valence electrons. The molecule has 1 rings (SSSR count). The maximum Gasteiger partial charge on any atom is 0.160 e. The SMILES string of the molecule is Oc1c(I)ccnc1I. The first-order valence-corrected chi connectivity index (χ1v) is 4.36. The van der Waals surface area contributed by atoms with Crippen molar-refractivity contribution in [2.75, 3.05) is 0 Å². The molecule has 0 aromatic carbocycles. The lowest BCUT2D eigenvalue weighted by Crippen LogP contribution is -1.81. The Balaban J connectivity index is 3.25. The lowest BCUT2D eigenvalue weighted by atomic mass is 10.5. The second kappa shape index (κ2) is 3.00. The number of pyridine rings is 1. The zero-order valence-electron chi connectivity index (χ0n) is 4.31. The first-order valence-electron chi connectivity index (χ1n) is 2.21. The Morgan fingerprint density at radius 3 is 2.56 bits per heavy atom. The van der Waals surface area contributed by atoms with Gasteiger partial charge < -0.3 is 5.11 Å². The van der Waals surface area contributed by atoms with Crippen LogP contribution in [0.4, 0.5) is 0 Å². The van der Waals surface area contributed by atoms with Crippen LogP contribution in [-0.4, -0.2) is 10.1 Å². The summed E-state index contributed by atoms with van der Waals surface area (Å²) in [5.74, 6) is 0.277. The molecule has 1 aromatic heterocycles. The third-order valence-corrected chi connectivity index (χ3v) is 2.49. The van der Waals surface area contributed by atoms with Crippen LogP contribution < -0.4 is 0 Å². The van der Waals surface area contributed by atoms with Crippen LogP contribution >= 0.6 is 45.2 Å². The number of aromatic hydroxyl groups is 1. The molecule has 0 spiro atoms. The summed E-state index contributed by atoms with van der Waals surface area (Å²) in [5, 5.41) is 9.13. The van der Waals surface area contributed by atoms with Gasteiger partial charge in [0.15, 0.2) is 5.75 Å². The van der Waals surface area contributed by atoms with Crippen LogP contribution in [0.15, 0.2) is 12.3 Å². The van der Waals surface area contributed by atoms with Gasteiger partial charge in [0.1, 0.15) is 3.70 Å². The normalized spacial score (nSPS) is 9.56. The quantitative estimate of drug-likeness (QED) is 0.575. The maximum absolute atomic E-state index is 9.13. The molecule has 0 aliphatic carbocycles. The van der Waals surface area contributed by atoms with E-state index in [9.17, 15) is 0 Å². The van der Waals surface area contributed by atoms with Crippen molar-refractivity contribution in [3.05, 3.63) is 19.5 Å². The molecule has 1 aromatic rings. The van der Waals surface area contributed by atoms with Crippen LogP contribution in [0.1, 0.15) is 0 Å². The van der Waals surface area contributed by atoms with Crippen molar-refractivity contribution >= 4 is 45.2 Å². The Morgan fingerprint density at radius 1 is 1.44 bits per heavy atom. The first-order chi connectivity index (χ1) is 4.22. The molecule has 0 fully saturated rings. The van der Waals surface area contributed by atoms with Crippen molar-refractivity contribution in [1.29, 1.82) is 0 Å². The summed E-state index contributed by atoms with van der Waals surface area (Å²) >= 11 is 4.04. The molecule has 1 N–H and O–H groups in total. The van der Waals surface area contributed by atoms with E-state index in [0.717, 1.165) is 3.57 Å². The summed E-state index contributed by atoms with van der Waals surface area (Å²) in [5.41, 5.74) is 0. The van der Waals surface area contributed by atoms with E-state index in [0.29, 0.717) is 3.70 Å². The van der Waals surface area contributed by atoms with Gasteiger partial charge in [0.2, 0.25) is 0 Å².